The van der Waals surface area contributed by atoms with Crippen LogP contribution in [0.1, 0.15) is 17.7 Å². The molecule has 3 saturated heterocycles. The number of nitrogens with zero attached hydrogens (tertiary/aromatic N) is 5. The molecule has 0 aromatic carbocycles. The van der Waals surface area contributed by atoms with Crippen molar-refractivity contribution in [3.05, 3.63) is 35.8 Å². The van der Waals surface area contributed by atoms with E-state index in [-0.39, 0.29) is 11.5 Å². The van der Waals surface area contributed by atoms with E-state index in [2.05, 4.69) is 25.2 Å². The van der Waals surface area contributed by atoms with Crippen molar-refractivity contribution >= 4 is 23.7 Å². The number of anilines is 3. The van der Waals surface area contributed by atoms with Gasteiger partial charge in [0, 0.05) is 55.9 Å². The lowest BCUT2D eigenvalue weighted by Gasteiger charge is -2.48. The maximum atomic E-state index is 13.0. The topological polar surface area (TPSA) is 90.3 Å². The third-order valence-electron chi connectivity index (χ3n) is 6.11. The molecule has 0 atom stereocenters. The molecule has 0 bridgehead atoms. The first kappa shape index (κ1) is 20.0. The van der Waals surface area contributed by atoms with E-state index in [1.54, 1.807) is 12.3 Å². The Morgan fingerprint density at radius 1 is 1.19 bits per heavy atom. The fourth-order valence-corrected chi connectivity index (χ4v) is 4.36. The quantitative estimate of drug-likeness (QED) is 0.700. The van der Waals surface area contributed by atoms with Gasteiger partial charge < -0.3 is 25.3 Å². The van der Waals surface area contributed by atoms with E-state index in [1.165, 1.54) is 12.4 Å². The average molecular weight is 433 g/mol. The molecule has 3 fully saturated rings. The van der Waals surface area contributed by atoms with Crippen LogP contribution in [0.2, 0.25) is 0 Å². The van der Waals surface area contributed by atoms with Crippen molar-refractivity contribution in [1.82, 2.24) is 15.0 Å². The molecule has 0 saturated carbocycles. The molecule has 2 N–H and O–H groups in total. The number of aromatic nitrogens is 3. The van der Waals surface area contributed by atoms with Gasteiger partial charge in [0.2, 0.25) is 5.95 Å². The molecule has 31 heavy (non-hydrogen) atoms. The third kappa shape index (κ3) is 3.78. The lowest BCUT2D eigenvalue weighted by atomic mass is 9.79. The minimum Gasteiger partial charge on any atom is -0.377 e. The smallest absolute Gasteiger partial charge is 0.377 e. The molecule has 0 amide bonds. The van der Waals surface area contributed by atoms with E-state index in [0.717, 1.165) is 25.6 Å². The number of hydrogen-bond donors (Lipinski definition) is 2. The van der Waals surface area contributed by atoms with Crippen LogP contribution < -0.4 is 15.1 Å². The van der Waals surface area contributed by atoms with E-state index in [1.807, 2.05) is 4.90 Å². The summed E-state index contributed by atoms with van der Waals surface area (Å²) in [7, 11) is 0. The minimum atomic E-state index is -4.45. The van der Waals surface area contributed by atoms with Crippen molar-refractivity contribution in [2.24, 2.45) is 5.41 Å². The summed E-state index contributed by atoms with van der Waals surface area (Å²) in [5, 5.41) is 10.8. The lowest BCUT2D eigenvalue weighted by Crippen LogP contribution is -2.58. The van der Waals surface area contributed by atoms with Crippen LogP contribution in [0.15, 0.2) is 24.5 Å². The van der Waals surface area contributed by atoms with Crippen LogP contribution in [0.3, 0.4) is 0 Å². The highest BCUT2D eigenvalue weighted by Gasteiger charge is 2.49. The standard InChI is InChI=1S/C20H22F3N7O/c21-20(22,23)16-5-15(1-3-25-16)29-4-2-19(10-29)11-30(12-19)18-26-7-13(6-24)17(28-18)27-14-8-31-9-14/h1,3,5-7,14,24H,2,4,8-12H2,(H,26,27,28). The Bertz CT molecular complexity index is 989. The zero-order valence-corrected chi connectivity index (χ0v) is 16.7. The third-order valence-corrected chi connectivity index (χ3v) is 6.11. The summed E-state index contributed by atoms with van der Waals surface area (Å²) in [6.07, 6.45) is 0.533. The van der Waals surface area contributed by atoms with Gasteiger partial charge >= 0.3 is 6.18 Å². The maximum absolute atomic E-state index is 13.0. The molecule has 8 nitrogen and oxygen atoms in total. The predicted molar refractivity (Wildman–Crippen MR) is 109 cm³/mol. The van der Waals surface area contributed by atoms with Crippen LogP contribution >= 0.6 is 0 Å². The molecule has 0 radical (unpaired) electrons. The van der Waals surface area contributed by atoms with Crippen LogP contribution in [-0.4, -0.2) is 66.6 Å². The first-order valence-corrected chi connectivity index (χ1v) is 10.1. The minimum absolute atomic E-state index is 0.0145. The first-order valence-electron chi connectivity index (χ1n) is 10.1. The highest BCUT2D eigenvalue weighted by atomic mass is 19.4. The number of pyridine rings is 1. The fourth-order valence-electron chi connectivity index (χ4n) is 4.36. The first-order chi connectivity index (χ1) is 14.9. The van der Waals surface area contributed by atoms with Gasteiger partial charge in [-0.05, 0) is 18.6 Å². The molecule has 2 aromatic heterocycles. The second kappa shape index (κ2) is 7.33. The van der Waals surface area contributed by atoms with Gasteiger partial charge in [-0.2, -0.15) is 18.2 Å². The molecule has 1 spiro atoms. The second-order valence-electron chi connectivity index (χ2n) is 8.42. The predicted octanol–water partition coefficient (Wildman–Crippen LogP) is 2.42. The maximum Gasteiger partial charge on any atom is 0.433 e. The second-order valence-corrected chi connectivity index (χ2v) is 8.42. The summed E-state index contributed by atoms with van der Waals surface area (Å²) in [4.78, 5) is 16.5. The van der Waals surface area contributed by atoms with Gasteiger partial charge in [0.15, 0.2) is 0 Å². The Morgan fingerprint density at radius 2 is 1.97 bits per heavy atom. The monoisotopic (exact) mass is 433 g/mol. The Kier molecular flexibility index (Phi) is 4.72. The zero-order chi connectivity index (χ0) is 21.6. The molecule has 5 rings (SSSR count). The zero-order valence-electron chi connectivity index (χ0n) is 16.7. The molecule has 5 heterocycles. The Balaban J connectivity index is 1.26. The number of hydrogen-bond acceptors (Lipinski definition) is 8. The van der Waals surface area contributed by atoms with E-state index in [0.29, 0.717) is 49.3 Å². The molecule has 164 valence electrons. The van der Waals surface area contributed by atoms with E-state index < -0.39 is 11.9 Å². The summed E-state index contributed by atoms with van der Waals surface area (Å²) in [6, 6.07) is 2.94. The van der Waals surface area contributed by atoms with Crippen molar-refractivity contribution in [2.75, 3.05) is 54.5 Å². The van der Waals surface area contributed by atoms with Crippen molar-refractivity contribution in [2.45, 2.75) is 18.6 Å². The van der Waals surface area contributed by atoms with Crippen molar-refractivity contribution in [3.63, 3.8) is 0 Å². The normalized spacial score (nSPS) is 20.5. The lowest BCUT2D eigenvalue weighted by molar-refractivity contribution is -0.141. The van der Waals surface area contributed by atoms with Crippen molar-refractivity contribution in [1.29, 1.82) is 5.41 Å². The van der Waals surface area contributed by atoms with Gasteiger partial charge in [-0.15, -0.1) is 0 Å². The summed E-state index contributed by atoms with van der Waals surface area (Å²) >= 11 is 0. The average Bonchev–Trinajstić information content (AvgIpc) is 3.15. The van der Waals surface area contributed by atoms with Crippen LogP contribution in [0.5, 0.6) is 0 Å². The van der Waals surface area contributed by atoms with Crippen LogP contribution in [0.4, 0.5) is 30.6 Å². The number of rotatable bonds is 5. The van der Waals surface area contributed by atoms with E-state index in [9.17, 15) is 13.2 Å². The molecular formula is C20H22F3N7O. The number of alkyl halides is 3. The van der Waals surface area contributed by atoms with Gasteiger partial charge in [0.1, 0.15) is 11.5 Å². The Morgan fingerprint density at radius 3 is 2.65 bits per heavy atom. The molecule has 2 aromatic rings. The van der Waals surface area contributed by atoms with E-state index >= 15 is 0 Å². The molecule has 11 heteroatoms. The summed E-state index contributed by atoms with van der Waals surface area (Å²) < 4.78 is 44.1. The molecule has 0 unspecified atom stereocenters. The molecule has 0 aliphatic carbocycles. The van der Waals surface area contributed by atoms with Crippen LogP contribution in [0, 0.1) is 10.8 Å². The highest BCUT2D eigenvalue weighted by Crippen LogP contribution is 2.43. The van der Waals surface area contributed by atoms with Gasteiger partial charge in [0.25, 0.3) is 0 Å². The Hall–Kier alpha value is -2.95. The number of nitrogens with one attached hydrogen (secondary N) is 2. The molecule has 3 aliphatic rings. The van der Waals surface area contributed by atoms with E-state index in [4.69, 9.17) is 10.1 Å². The number of ether oxygens (including phenoxy) is 1. The number of halogens is 3. The largest absolute Gasteiger partial charge is 0.433 e. The van der Waals surface area contributed by atoms with Gasteiger partial charge in [-0.3, -0.25) is 4.98 Å². The fraction of sp³-hybridized carbons (Fsp3) is 0.500. The Labute approximate surface area is 177 Å². The van der Waals surface area contributed by atoms with Gasteiger partial charge in [-0.1, -0.05) is 0 Å². The van der Waals surface area contributed by atoms with Crippen LogP contribution in [0.25, 0.3) is 0 Å². The summed E-state index contributed by atoms with van der Waals surface area (Å²) in [6.45, 7) is 4.12. The van der Waals surface area contributed by atoms with Gasteiger partial charge in [0.05, 0.1) is 24.8 Å². The molecular weight excluding hydrogens is 411 g/mol. The molecule has 3 aliphatic heterocycles. The summed E-state index contributed by atoms with van der Waals surface area (Å²) in [5.41, 5.74) is 0.327. The van der Waals surface area contributed by atoms with Gasteiger partial charge in [-0.25, -0.2) is 4.98 Å². The van der Waals surface area contributed by atoms with Crippen molar-refractivity contribution < 1.29 is 17.9 Å². The van der Waals surface area contributed by atoms with Crippen LogP contribution in [-0.2, 0) is 10.9 Å². The SMILES string of the molecule is N=Cc1cnc(N2CC3(CCN(c4ccnc(C(F)(F)F)c4)C3)C2)nc1NC1COC1. The summed E-state index contributed by atoms with van der Waals surface area (Å²) in [5.74, 6) is 1.22. The van der Waals surface area contributed by atoms with Crippen molar-refractivity contribution in [3.8, 4) is 0 Å². The highest BCUT2D eigenvalue weighted by molar-refractivity contribution is 5.84.